The van der Waals surface area contributed by atoms with E-state index in [0.29, 0.717) is 0 Å². The number of rotatable bonds is 16. The molecule has 0 bridgehead atoms. The Balaban J connectivity index is -0.000000145. The maximum Gasteiger partial charge on any atom is 2.00 e. The minimum absolute atomic E-state index is 0. The van der Waals surface area contributed by atoms with E-state index in [1.54, 1.807) is 0 Å². The molecule has 0 amide bonds. The molecule has 0 radical (unpaired) electrons. The first-order valence-corrected chi connectivity index (χ1v) is 21.1. The quantitative estimate of drug-likeness (QED) is 0.104. The van der Waals surface area contributed by atoms with Gasteiger partial charge in [0.15, 0.2) is 0 Å². The molecule has 0 aliphatic heterocycles. The largest absolute Gasteiger partial charge is 2.00 e. The monoisotopic (exact) mass is 730 g/mol. The molecule has 4 nitrogen and oxygen atoms in total. The summed E-state index contributed by atoms with van der Waals surface area (Å²) in [7, 11) is -1.06. The van der Waals surface area contributed by atoms with Gasteiger partial charge in [-0.3, -0.25) is 0 Å². The number of hydrogen-bond acceptors (Lipinski definition) is 6. The predicted octanol–water partition coefficient (Wildman–Crippen LogP) is 3.85. The Kier molecular flexibility index (Phi) is 43.3. The normalized spacial score (nSPS) is 12.9. The molecule has 0 saturated heterocycles. The Bertz CT molecular complexity index is 471. The zero-order valence-electron chi connectivity index (χ0n) is 21.6. The summed E-state index contributed by atoms with van der Waals surface area (Å²) in [6.07, 6.45) is 13.2. The van der Waals surface area contributed by atoms with Gasteiger partial charge in [0.1, 0.15) is 0 Å². The average Bonchev–Trinajstić information content (AvgIpc) is 2.65. The van der Waals surface area contributed by atoms with Crippen LogP contribution in [0.15, 0.2) is 0 Å². The molecule has 0 aliphatic rings. The van der Waals surface area contributed by atoms with Gasteiger partial charge in [-0.2, -0.15) is 0 Å². The molecule has 0 heterocycles. The summed E-state index contributed by atoms with van der Waals surface area (Å²) in [5.74, 6) is 3.16. The van der Waals surface area contributed by atoms with E-state index in [9.17, 15) is 19.6 Å². The van der Waals surface area contributed by atoms with Gasteiger partial charge in [0.05, 0.1) is 0 Å². The summed E-state index contributed by atoms with van der Waals surface area (Å²) in [6, 6.07) is 0. The van der Waals surface area contributed by atoms with Gasteiger partial charge in [0.2, 0.25) is 0 Å². The first-order valence-electron chi connectivity index (χ1n) is 11.4. The summed E-state index contributed by atoms with van der Waals surface area (Å²) in [5.41, 5.74) is -6.99. The van der Waals surface area contributed by atoms with Crippen molar-refractivity contribution in [3.63, 3.8) is 0 Å². The molecule has 0 aromatic rings. The van der Waals surface area contributed by atoms with Crippen LogP contribution in [0.25, 0.3) is 0 Å². The van der Waals surface area contributed by atoms with Crippen molar-refractivity contribution in [2.75, 3.05) is 23.0 Å². The average molecular weight is 735 g/mol. The van der Waals surface area contributed by atoms with Crippen molar-refractivity contribution in [1.29, 1.82) is 0 Å². The summed E-state index contributed by atoms with van der Waals surface area (Å²) in [5, 5.41) is 0. The molecular formula is C20H44O4P2S4Zn3. The third-order valence-electron chi connectivity index (χ3n) is 4.57. The van der Waals surface area contributed by atoms with Crippen molar-refractivity contribution in [2.24, 2.45) is 0 Å². The Morgan fingerprint density at radius 3 is 0.909 bits per heavy atom. The molecule has 13 heteroatoms. The maximum absolute atomic E-state index is 11.4. The Morgan fingerprint density at radius 1 is 0.455 bits per heavy atom. The van der Waals surface area contributed by atoms with Crippen LogP contribution in [-0.2, 0) is 103 Å². The molecule has 2 unspecified atom stereocenters. The van der Waals surface area contributed by atoms with E-state index in [-0.39, 0.29) is 58.4 Å². The smallest absolute Gasteiger partial charge is 0.854 e. The van der Waals surface area contributed by atoms with Crippen molar-refractivity contribution in [2.45, 2.75) is 105 Å². The van der Waals surface area contributed by atoms with Gasteiger partial charge in [-0.05, 0) is 48.7 Å². The van der Waals surface area contributed by atoms with Crippen LogP contribution in [0.5, 0.6) is 0 Å². The van der Waals surface area contributed by atoms with Crippen LogP contribution in [0.3, 0.4) is 0 Å². The third-order valence-corrected chi connectivity index (χ3v) is 18.7. The van der Waals surface area contributed by atoms with E-state index in [1.807, 2.05) is 0 Å². The summed E-state index contributed by atoms with van der Waals surface area (Å²) in [6.45, 7) is 8.47. The molecule has 0 aromatic heterocycles. The summed E-state index contributed by atoms with van der Waals surface area (Å²) in [4.78, 5) is 45.4. The van der Waals surface area contributed by atoms with Gasteiger partial charge < -0.3 is 55.5 Å². The number of unbranched alkanes of at least 4 members (excludes halogenated alkanes) is 8. The van der Waals surface area contributed by atoms with Gasteiger partial charge in [-0.1, -0.05) is 79.1 Å². The Hall–Kier alpha value is 3.97. The molecule has 0 spiro atoms. The van der Waals surface area contributed by atoms with E-state index >= 15 is 0 Å². The zero-order chi connectivity index (χ0) is 23.5. The molecule has 0 rings (SSSR count). The van der Waals surface area contributed by atoms with Crippen LogP contribution in [0, 0.1) is 0 Å². The topological polar surface area (TPSA) is 92.2 Å². The molecule has 0 N–H and O–H groups in total. The summed E-state index contributed by atoms with van der Waals surface area (Å²) >= 11 is 9.22. The predicted molar refractivity (Wildman–Crippen MR) is 141 cm³/mol. The third kappa shape index (κ3) is 32.1. The first-order chi connectivity index (χ1) is 14.0. The maximum atomic E-state index is 11.4. The second kappa shape index (κ2) is 30.5. The molecule has 2 atom stereocenters. The van der Waals surface area contributed by atoms with Gasteiger partial charge >= 0.3 is 58.4 Å². The molecular weight excluding hydrogens is 691 g/mol. The zero-order valence-corrected chi connectivity index (χ0v) is 35.6. The van der Waals surface area contributed by atoms with Crippen LogP contribution >= 0.6 is 11.4 Å². The Labute approximate surface area is 259 Å². The van der Waals surface area contributed by atoms with Crippen LogP contribution in [-0.4, -0.2) is 23.0 Å². The van der Waals surface area contributed by atoms with Crippen molar-refractivity contribution in [3.8, 4) is 0 Å². The Morgan fingerprint density at radius 2 is 0.697 bits per heavy atom. The molecule has 33 heavy (non-hydrogen) atoms. The molecule has 0 fully saturated rings. The van der Waals surface area contributed by atoms with E-state index in [1.165, 1.54) is 25.7 Å². The van der Waals surface area contributed by atoms with Gasteiger partial charge in [0.25, 0.3) is 0 Å². The van der Waals surface area contributed by atoms with Crippen LogP contribution in [0.2, 0.25) is 0 Å². The minimum atomic E-state index is -3.49. The summed E-state index contributed by atoms with van der Waals surface area (Å²) < 4.78 is 0. The van der Waals surface area contributed by atoms with Crippen LogP contribution < -0.4 is 19.6 Å². The van der Waals surface area contributed by atoms with Crippen LogP contribution in [0.4, 0.5) is 0 Å². The van der Waals surface area contributed by atoms with Crippen molar-refractivity contribution in [1.82, 2.24) is 0 Å². The van der Waals surface area contributed by atoms with Crippen molar-refractivity contribution < 1.29 is 78.0 Å². The molecule has 0 aromatic carbocycles. The SMILES string of the molecule is CCCCCCS(CCCC)=P([O-])([O-])[S-].CCCCCCS(CCCC)=P([O-])([O-])[S-].[Zn+2].[Zn+2].[Zn+2]. The van der Waals surface area contributed by atoms with Gasteiger partial charge in [0, 0.05) is 0 Å². The van der Waals surface area contributed by atoms with Crippen molar-refractivity contribution >= 4 is 56.0 Å². The second-order valence-electron chi connectivity index (χ2n) is 7.46. The van der Waals surface area contributed by atoms with Gasteiger partial charge in [-0.25, -0.2) is 20.1 Å². The van der Waals surface area contributed by atoms with E-state index < -0.39 is 31.5 Å². The van der Waals surface area contributed by atoms with E-state index in [2.05, 4.69) is 52.2 Å². The molecule has 188 valence electrons. The van der Waals surface area contributed by atoms with Gasteiger partial charge in [-0.15, -0.1) is 0 Å². The first kappa shape index (κ1) is 46.8. The standard InChI is InChI=1S/2C10H22O2PS2.3Zn/c2*1-3-5-7-8-10-15(9-6-4-2)13(11,12)14;;;/h2*3-10H2,1-2H3;;;/q2*-3;3*+2. The fraction of sp³-hybridized carbons (Fsp3) is 1.00. The second-order valence-corrected chi connectivity index (χ2v) is 23.0. The fourth-order valence-electron chi connectivity index (χ4n) is 2.66. The van der Waals surface area contributed by atoms with Crippen molar-refractivity contribution in [3.05, 3.63) is 0 Å². The minimum Gasteiger partial charge on any atom is -0.854 e. The number of hydrogen-bond donors (Lipinski definition) is 0. The van der Waals surface area contributed by atoms with E-state index in [4.69, 9.17) is 0 Å². The molecule has 0 saturated carbocycles. The fourth-order valence-corrected chi connectivity index (χ4v) is 13.2. The van der Waals surface area contributed by atoms with Crippen LogP contribution in [0.1, 0.15) is 105 Å². The molecule has 0 aliphatic carbocycles. The van der Waals surface area contributed by atoms with E-state index in [0.717, 1.165) is 74.4 Å².